The molecule has 0 radical (unpaired) electrons. The largest absolute Gasteiger partial charge is 0.468 e. The SMILES string of the molecule is COC(=O)C1=CC2C3(C(=O)OC)C=C[C@]1(C)[C@@]23C. The van der Waals surface area contributed by atoms with Crippen LogP contribution in [0, 0.1) is 22.2 Å². The van der Waals surface area contributed by atoms with Crippen molar-refractivity contribution in [1.82, 2.24) is 0 Å². The fourth-order valence-corrected chi connectivity index (χ4v) is 4.16. The summed E-state index contributed by atoms with van der Waals surface area (Å²) >= 11 is 0. The molecule has 0 amide bonds. The molecule has 4 heteroatoms. The first-order valence-corrected chi connectivity index (χ1v) is 5.99. The van der Waals surface area contributed by atoms with Crippen LogP contribution >= 0.6 is 0 Å². The fraction of sp³-hybridized carbons (Fsp3) is 0.571. The number of hydrogen-bond donors (Lipinski definition) is 0. The van der Waals surface area contributed by atoms with Gasteiger partial charge in [-0.15, -0.1) is 0 Å². The van der Waals surface area contributed by atoms with Crippen LogP contribution in [0.4, 0.5) is 0 Å². The van der Waals surface area contributed by atoms with Crippen molar-refractivity contribution in [2.75, 3.05) is 14.2 Å². The molecule has 3 aliphatic rings. The number of carbonyl (C=O) groups is 2. The Kier molecular flexibility index (Phi) is 1.84. The Morgan fingerprint density at radius 3 is 2.33 bits per heavy atom. The van der Waals surface area contributed by atoms with Crippen LogP contribution in [0.2, 0.25) is 0 Å². The summed E-state index contributed by atoms with van der Waals surface area (Å²) in [4.78, 5) is 23.9. The summed E-state index contributed by atoms with van der Waals surface area (Å²) in [6, 6.07) is 0. The first kappa shape index (κ1) is 11.5. The smallest absolute Gasteiger partial charge is 0.334 e. The number of fused-ring (bicyclic) bond motifs is 1. The van der Waals surface area contributed by atoms with Crippen molar-refractivity contribution in [1.29, 1.82) is 0 Å². The second-order valence-corrected chi connectivity index (χ2v) is 5.65. The quantitative estimate of drug-likeness (QED) is 0.548. The molecule has 0 aliphatic heterocycles. The van der Waals surface area contributed by atoms with E-state index in [1.54, 1.807) is 0 Å². The highest BCUT2D eigenvalue weighted by atomic mass is 16.5. The summed E-state index contributed by atoms with van der Waals surface area (Å²) in [6.45, 7) is 4.03. The number of esters is 2. The van der Waals surface area contributed by atoms with E-state index in [1.165, 1.54) is 14.2 Å². The number of methoxy groups -OCH3 is 2. The first-order chi connectivity index (χ1) is 8.40. The highest BCUT2D eigenvalue weighted by molar-refractivity contribution is 5.98. The van der Waals surface area contributed by atoms with E-state index in [9.17, 15) is 9.59 Å². The number of rotatable bonds is 2. The predicted molar refractivity (Wildman–Crippen MR) is 63.4 cm³/mol. The maximum atomic E-state index is 12.0. The third-order valence-corrected chi connectivity index (χ3v) is 5.47. The maximum Gasteiger partial charge on any atom is 0.334 e. The van der Waals surface area contributed by atoms with Crippen molar-refractivity contribution in [3.63, 3.8) is 0 Å². The van der Waals surface area contributed by atoms with Gasteiger partial charge in [0.05, 0.1) is 19.6 Å². The molecule has 4 nitrogen and oxygen atoms in total. The molecule has 18 heavy (non-hydrogen) atoms. The third kappa shape index (κ3) is 0.788. The molecule has 96 valence electrons. The number of carbonyl (C=O) groups excluding carboxylic acids is 2. The monoisotopic (exact) mass is 248 g/mol. The molecule has 4 atom stereocenters. The molecule has 0 aromatic rings. The Morgan fingerprint density at radius 2 is 1.83 bits per heavy atom. The molecule has 0 heterocycles. The van der Waals surface area contributed by atoms with Gasteiger partial charge in [0, 0.05) is 22.3 Å². The Morgan fingerprint density at radius 1 is 1.17 bits per heavy atom. The van der Waals surface area contributed by atoms with Crippen molar-refractivity contribution in [3.8, 4) is 0 Å². The van der Waals surface area contributed by atoms with Crippen LogP contribution in [-0.2, 0) is 19.1 Å². The summed E-state index contributed by atoms with van der Waals surface area (Å²) < 4.78 is 9.75. The first-order valence-electron chi connectivity index (χ1n) is 5.99. The van der Waals surface area contributed by atoms with Crippen LogP contribution in [0.3, 0.4) is 0 Å². The van der Waals surface area contributed by atoms with E-state index in [-0.39, 0.29) is 23.3 Å². The average Bonchev–Trinajstić information content (AvgIpc) is 2.77. The van der Waals surface area contributed by atoms with Crippen LogP contribution in [0.5, 0.6) is 0 Å². The zero-order valence-corrected chi connectivity index (χ0v) is 10.9. The van der Waals surface area contributed by atoms with E-state index in [0.29, 0.717) is 5.57 Å². The minimum atomic E-state index is -0.575. The number of allylic oxidation sites excluding steroid dienone is 2. The van der Waals surface area contributed by atoms with Gasteiger partial charge >= 0.3 is 11.9 Å². The van der Waals surface area contributed by atoms with E-state index < -0.39 is 10.8 Å². The van der Waals surface area contributed by atoms with Crippen LogP contribution in [0.15, 0.2) is 23.8 Å². The summed E-state index contributed by atoms with van der Waals surface area (Å²) in [5.41, 5.74) is -0.630. The lowest BCUT2D eigenvalue weighted by molar-refractivity contribution is -0.147. The lowest BCUT2D eigenvalue weighted by atomic mass is 9.72. The van der Waals surface area contributed by atoms with Gasteiger partial charge in [-0.3, -0.25) is 4.79 Å². The zero-order valence-electron chi connectivity index (χ0n) is 10.9. The molecule has 1 fully saturated rings. The summed E-state index contributed by atoms with van der Waals surface area (Å²) in [7, 11) is 2.79. The van der Waals surface area contributed by atoms with Gasteiger partial charge in [0.15, 0.2) is 0 Å². The molecule has 0 spiro atoms. The molecule has 0 N–H and O–H groups in total. The van der Waals surface area contributed by atoms with Crippen molar-refractivity contribution in [2.45, 2.75) is 13.8 Å². The van der Waals surface area contributed by atoms with Crippen molar-refractivity contribution in [2.24, 2.45) is 22.2 Å². The lowest BCUT2D eigenvalue weighted by Crippen LogP contribution is -2.32. The van der Waals surface area contributed by atoms with Crippen LogP contribution < -0.4 is 0 Å². The molecule has 2 unspecified atom stereocenters. The van der Waals surface area contributed by atoms with E-state index in [1.807, 2.05) is 32.1 Å². The zero-order chi connectivity index (χ0) is 13.3. The summed E-state index contributed by atoms with van der Waals surface area (Å²) in [6.07, 6.45) is 5.76. The summed E-state index contributed by atoms with van der Waals surface area (Å²) in [5.74, 6) is -0.479. The van der Waals surface area contributed by atoms with Crippen LogP contribution in [0.1, 0.15) is 13.8 Å². The Bertz CT molecular complexity index is 532. The molecule has 0 bridgehead atoms. The summed E-state index contributed by atoms with van der Waals surface area (Å²) in [5, 5.41) is 0. The van der Waals surface area contributed by atoms with Crippen molar-refractivity contribution in [3.05, 3.63) is 23.8 Å². The van der Waals surface area contributed by atoms with Gasteiger partial charge in [0.1, 0.15) is 0 Å². The van der Waals surface area contributed by atoms with Gasteiger partial charge in [-0.2, -0.15) is 0 Å². The third-order valence-electron chi connectivity index (χ3n) is 5.47. The Hall–Kier alpha value is -1.58. The van der Waals surface area contributed by atoms with E-state index in [2.05, 4.69) is 0 Å². The molecule has 1 saturated carbocycles. The Labute approximate surface area is 106 Å². The van der Waals surface area contributed by atoms with Gasteiger partial charge in [0.2, 0.25) is 0 Å². The van der Waals surface area contributed by atoms with Crippen LogP contribution in [-0.4, -0.2) is 26.2 Å². The second kappa shape index (κ2) is 2.87. The molecular formula is C14H16O4. The minimum Gasteiger partial charge on any atom is -0.468 e. The van der Waals surface area contributed by atoms with E-state index in [0.717, 1.165) is 0 Å². The van der Waals surface area contributed by atoms with Crippen LogP contribution in [0.25, 0.3) is 0 Å². The molecule has 0 aromatic heterocycles. The average molecular weight is 248 g/mol. The topological polar surface area (TPSA) is 52.6 Å². The standard InChI is InChI=1S/C14H16O4/c1-12-5-6-14(11(16)18-4)9(13(12,14)2)7-8(12)10(15)17-3/h5-7,9H,1-4H3/t9?,12-,13+,14?/m0/s1. The van der Waals surface area contributed by atoms with Gasteiger partial charge in [-0.1, -0.05) is 32.1 Å². The number of hydrogen-bond acceptors (Lipinski definition) is 4. The van der Waals surface area contributed by atoms with Crippen molar-refractivity contribution < 1.29 is 19.1 Å². The minimum absolute atomic E-state index is 0.0431. The molecular weight excluding hydrogens is 232 g/mol. The molecule has 0 aromatic carbocycles. The van der Waals surface area contributed by atoms with Crippen molar-refractivity contribution >= 4 is 11.9 Å². The van der Waals surface area contributed by atoms with Gasteiger partial charge in [-0.05, 0) is 0 Å². The van der Waals surface area contributed by atoms with E-state index >= 15 is 0 Å². The number of ether oxygens (including phenoxy) is 2. The maximum absolute atomic E-state index is 12.0. The van der Waals surface area contributed by atoms with Gasteiger partial charge in [0.25, 0.3) is 0 Å². The molecule has 3 rings (SSSR count). The van der Waals surface area contributed by atoms with Gasteiger partial charge in [-0.25, -0.2) is 4.79 Å². The highest BCUT2D eigenvalue weighted by Crippen LogP contribution is 2.86. The normalized spacial score (nSPS) is 46.4. The predicted octanol–water partition coefficient (Wildman–Crippen LogP) is 1.47. The fourth-order valence-electron chi connectivity index (χ4n) is 4.16. The van der Waals surface area contributed by atoms with Gasteiger partial charge < -0.3 is 9.47 Å². The van der Waals surface area contributed by atoms with E-state index in [4.69, 9.17) is 9.47 Å². The second-order valence-electron chi connectivity index (χ2n) is 5.65. The molecule has 0 saturated heterocycles. The highest BCUT2D eigenvalue weighted by Gasteiger charge is 2.87. The Balaban J connectivity index is 2.10. The molecule has 3 aliphatic carbocycles. The lowest BCUT2D eigenvalue weighted by Gasteiger charge is -2.30.